The molecule has 2 aromatic heterocycles. The maximum absolute atomic E-state index is 13.3. The Balaban J connectivity index is 1.62. The quantitative estimate of drug-likeness (QED) is 0.327. The number of Topliss-reactive ketones (excluding diaryl/α,β-unsaturated/α-hetero) is 1. The molecular weight excluding hydrogens is 466 g/mol. The molecule has 0 spiro atoms. The van der Waals surface area contributed by atoms with Crippen molar-refractivity contribution in [2.75, 3.05) is 4.90 Å². The number of aromatic nitrogens is 2. The van der Waals surface area contributed by atoms with Crippen LogP contribution >= 0.6 is 0 Å². The maximum atomic E-state index is 13.3. The first kappa shape index (κ1) is 22.3. The van der Waals surface area contributed by atoms with Crippen molar-refractivity contribution >= 4 is 51.2 Å². The smallest absolute Gasteiger partial charge is 0.335 e. The first-order valence-electron chi connectivity index (χ1n) is 11.6. The second-order valence-corrected chi connectivity index (χ2v) is 8.74. The van der Waals surface area contributed by atoms with E-state index in [2.05, 4.69) is 4.98 Å². The van der Waals surface area contributed by atoms with Crippen LogP contribution in [0.3, 0.4) is 0 Å². The number of pyridine rings is 2. The van der Waals surface area contributed by atoms with Crippen molar-refractivity contribution in [3.8, 4) is 11.1 Å². The molecule has 1 N–H and O–H groups in total. The lowest BCUT2D eigenvalue weighted by Crippen LogP contribution is -2.25. The van der Waals surface area contributed by atoms with E-state index < -0.39 is 5.97 Å². The molecule has 0 bridgehead atoms. The van der Waals surface area contributed by atoms with Crippen LogP contribution in [0.1, 0.15) is 33.3 Å². The van der Waals surface area contributed by atoms with Gasteiger partial charge in [-0.15, -0.1) is 0 Å². The number of rotatable bonds is 3. The standard InChI is InChI=1S/C30H19N3O4/c1-17(34)33-27-9-5-3-7-22(27)29(35)28(33)16-19-15-23(20-12-13-31-25-8-4-2-6-21(20)25)24-14-18(30(36)37)10-11-26(24)32-19/h2-16H,1H3,(H,36,37). The molecule has 0 fully saturated rings. The van der Waals surface area contributed by atoms with Crippen molar-refractivity contribution in [3.63, 3.8) is 0 Å². The number of nitrogens with zero attached hydrogens (tertiary/aromatic N) is 3. The number of carboxylic acid groups (broad SMARTS) is 1. The average Bonchev–Trinajstić information content (AvgIpc) is 3.19. The number of carbonyl (C=O) groups is 3. The molecule has 7 nitrogen and oxygen atoms in total. The monoisotopic (exact) mass is 485 g/mol. The second kappa shape index (κ2) is 8.49. The third kappa shape index (κ3) is 3.65. The summed E-state index contributed by atoms with van der Waals surface area (Å²) in [5.41, 5.74) is 4.78. The minimum Gasteiger partial charge on any atom is -0.478 e. The minimum atomic E-state index is -1.04. The number of fused-ring (bicyclic) bond motifs is 3. The molecule has 1 aliphatic heterocycles. The fourth-order valence-corrected chi connectivity index (χ4v) is 4.85. The number of hydrogen-bond donors (Lipinski definition) is 1. The number of ketones is 1. The number of anilines is 1. The summed E-state index contributed by atoms with van der Waals surface area (Å²) in [6.07, 6.45) is 3.32. The van der Waals surface area contributed by atoms with Crippen LogP contribution in [0.4, 0.5) is 5.69 Å². The molecule has 3 aromatic carbocycles. The van der Waals surface area contributed by atoms with Crippen molar-refractivity contribution in [2.24, 2.45) is 0 Å². The molecule has 178 valence electrons. The van der Waals surface area contributed by atoms with Gasteiger partial charge in [0.2, 0.25) is 11.7 Å². The van der Waals surface area contributed by atoms with E-state index in [0.29, 0.717) is 27.8 Å². The SMILES string of the molecule is CC(=O)N1C(=Cc2cc(-c3ccnc4ccccc34)c3cc(C(=O)O)ccc3n2)C(=O)c2ccccc21. The first-order valence-corrected chi connectivity index (χ1v) is 11.6. The zero-order chi connectivity index (χ0) is 25.7. The van der Waals surface area contributed by atoms with Gasteiger partial charge in [0.1, 0.15) is 0 Å². The van der Waals surface area contributed by atoms with Gasteiger partial charge in [0, 0.05) is 29.5 Å². The fraction of sp³-hybridized carbons (Fsp3) is 0.0333. The summed E-state index contributed by atoms with van der Waals surface area (Å²) in [6, 6.07) is 23.1. The number of aromatic carboxylic acids is 1. The first-order chi connectivity index (χ1) is 17.9. The summed E-state index contributed by atoms with van der Waals surface area (Å²) in [5, 5.41) is 11.2. The number of carboxylic acids is 1. The largest absolute Gasteiger partial charge is 0.478 e. The Kier molecular flexibility index (Phi) is 5.12. The van der Waals surface area contributed by atoms with E-state index in [1.807, 2.05) is 36.4 Å². The van der Waals surface area contributed by atoms with Crippen LogP contribution in [0.15, 0.2) is 90.8 Å². The Morgan fingerprint density at radius 2 is 1.62 bits per heavy atom. The maximum Gasteiger partial charge on any atom is 0.335 e. The lowest BCUT2D eigenvalue weighted by Gasteiger charge is -2.16. The summed E-state index contributed by atoms with van der Waals surface area (Å²) in [5.74, 6) is -1.58. The molecule has 5 aromatic rings. The van der Waals surface area contributed by atoms with E-state index in [4.69, 9.17) is 4.98 Å². The number of carbonyl (C=O) groups excluding carboxylic acids is 2. The van der Waals surface area contributed by atoms with Gasteiger partial charge in [0.05, 0.1) is 33.7 Å². The van der Waals surface area contributed by atoms with Gasteiger partial charge >= 0.3 is 5.97 Å². The van der Waals surface area contributed by atoms with Crippen LogP contribution in [0.5, 0.6) is 0 Å². The topological polar surface area (TPSA) is 100 Å². The van der Waals surface area contributed by atoms with Crippen molar-refractivity contribution in [1.82, 2.24) is 9.97 Å². The van der Waals surface area contributed by atoms with Crippen LogP contribution in [0, 0.1) is 0 Å². The highest BCUT2D eigenvalue weighted by atomic mass is 16.4. The van der Waals surface area contributed by atoms with Gasteiger partial charge in [-0.3, -0.25) is 19.5 Å². The molecule has 3 heterocycles. The predicted molar refractivity (Wildman–Crippen MR) is 141 cm³/mol. The van der Waals surface area contributed by atoms with Gasteiger partial charge in [-0.25, -0.2) is 9.78 Å². The zero-order valence-electron chi connectivity index (χ0n) is 19.7. The molecule has 0 aliphatic carbocycles. The molecule has 0 atom stereocenters. The third-order valence-corrected chi connectivity index (χ3v) is 6.48. The third-order valence-electron chi connectivity index (χ3n) is 6.48. The summed E-state index contributed by atoms with van der Waals surface area (Å²) in [6.45, 7) is 1.42. The zero-order valence-corrected chi connectivity index (χ0v) is 19.7. The van der Waals surface area contributed by atoms with Gasteiger partial charge in [-0.05, 0) is 65.7 Å². The molecule has 37 heavy (non-hydrogen) atoms. The van der Waals surface area contributed by atoms with Gasteiger partial charge in [0.15, 0.2) is 0 Å². The number of allylic oxidation sites excluding steroid dienone is 1. The predicted octanol–water partition coefficient (Wildman–Crippen LogP) is 5.74. The number of hydrogen-bond acceptors (Lipinski definition) is 5. The Hall–Kier alpha value is -5.17. The number of amides is 1. The molecule has 0 radical (unpaired) electrons. The number of para-hydroxylation sites is 2. The van der Waals surface area contributed by atoms with Crippen LogP contribution < -0.4 is 4.90 Å². The van der Waals surface area contributed by atoms with Crippen LogP contribution in [-0.4, -0.2) is 32.7 Å². The molecule has 1 amide bonds. The van der Waals surface area contributed by atoms with E-state index in [-0.39, 0.29) is 23.0 Å². The van der Waals surface area contributed by atoms with Crippen molar-refractivity contribution in [2.45, 2.75) is 6.92 Å². The molecule has 0 unspecified atom stereocenters. The molecule has 0 saturated carbocycles. The highest BCUT2D eigenvalue weighted by Crippen LogP contribution is 2.37. The number of benzene rings is 3. The molecule has 0 saturated heterocycles. The van der Waals surface area contributed by atoms with Crippen molar-refractivity contribution < 1.29 is 19.5 Å². The van der Waals surface area contributed by atoms with Gasteiger partial charge in [-0.1, -0.05) is 30.3 Å². The van der Waals surface area contributed by atoms with E-state index in [1.165, 1.54) is 17.9 Å². The fourth-order valence-electron chi connectivity index (χ4n) is 4.85. The van der Waals surface area contributed by atoms with Crippen LogP contribution in [-0.2, 0) is 4.79 Å². The molecule has 1 aliphatic rings. The molecule has 7 heteroatoms. The highest BCUT2D eigenvalue weighted by molar-refractivity contribution is 6.26. The molecule has 6 rings (SSSR count). The van der Waals surface area contributed by atoms with Gasteiger partial charge < -0.3 is 5.11 Å². The lowest BCUT2D eigenvalue weighted by molar-refractivity contribution is -0.116. The average molecular weight is 485 g/mol. The van der Waals surface area contributed by atoms with Gasteiger partial charge in [0.25, 0.3) is 0 Å². The lowest BCUT2D eigenvalue weighted by atomic mass is 9.96. The summed E-state index contributed by atoms with van der Waals surface area (Å²) >= 11 is 0. The Morgan fingerprint density at radius 1 is 0.838 bits per heavy atom. The van der Waals surface area contributed by atoms with Crippen molar-refractivity contribution in [1.29, 1.82) is 0 Å². The molecular formula is C30H19N3O4. The highest BCUT2D eigenvalue weighted by Gasteiger charge is 2.34. The van der Waals surface area contributed by atoms with Crippen molar-refractivity contribution in [3.05, 3.63) is 108 Å². The summed E-state index contributed by atoms with van der Waals surface area (Å²) in [7, 11) is 0. The Labute approximate surface area is 211 Å². The van der Waals surface area contributed by atoms with Crippen LogP contribution in [0.25, 0.3) is 39.0 Å². The Bertz CT molecular complexity index is 1820. The minimum absolute atomic E-state index is 0.143. The normalized spacial score (nSPS) is 13.9. The van der Waals surface area contributed by atoms with E-state index >= 15 is 0 Å². The summed E-state index contributed by atoms with van der Waals surface area (Å²) < 4.78 is 0. The van der Waals surface area contributed by atoms with Gasteiger partial charge in [-0.2, -0.15) is 0 Å². The Morgan fingerprint density at radius 3 is 2.43 bits per heavy atom. The second-order valence-electron chi connectivity index (χ2n) is 8.74. The van der Waals surface area contributed by atoms with E-state index in [1.54, 1.807) is 48.7 Å². The summed E-state index contributed by atoms with van der Waals surface area (Å²) in [4.78, 5) is 48.1. The van der Waals surface area contributed by atoms with E-state index in [9.17, 15) is 19.5 Å². The van der Waals surface area contributed by atoms with E-state index in [0.717, 1.165) is 22.0 Å². The van der Waals surface area contributed by atoms with Crippen LogP contribution in [0.2, 0.25) is 0 Å².